The number of benzene rings is 4. The molecule has 0 aromatic heterocycles. The van der Waals surface area contributed by atoms with Gasteiger partial charge >= 0.3 is 0 Å². The van der Waals surface area contributed by atoms with Crippen LogP contribution < -0.4 is 4.90 Å². The fraction of sp³-hybridized carbons (Fsp3) is 0.385. The van der Waals surface area contributed by atoms with E-state index in [2.05, 4.69) is 145 Å². The number of nitrogens with zero attached hydrogens (tertiary/aromatic N) is 1. The molecule has 4 heteroatoms. The highest BCUT2D eigenvalue weighted by Gasteiger charge is 2.36. The van der Waals surface area contributed by atoms with E-state index in [9.17, 15) is 0 Å². The van der Waals surface area contributed by atoms with Gasteiger partial charge in [-0.2, -0.15) is 0 Å². The Bertz CT molecular complexity index is 1460. The molecular weight excluding hydrogens is 530 g/mol. The van der Waals surface area contributed by atoms with Gasteiger partial charge in [0.15, 0.2) is 0 Å². The van der Waals surface area contributed by atoms with Gasteiger partial charge < -0.3 is 19.1 Å². The summed E-state index contributed by atoms with van der Waals surface area (Å²) in [5, 5.41) is 0. The number of rotatable bonds is 12. The van der Waals surface area contributed by atoms with Crippen molar-refractivity contribution in [3.8, 4) is 11.1 Å². The fourth-order valence-corrected chi connectivity index (χ4v) is 5.72. The Kier molecular flexibility index (Phi) is 9.41. The van der Waals surface area contributed by atoms with E-state index in [1.165, 1.54) is 38.9 Å². The first-order valence-electron chi connectivity index (χ1n) is 15.6. The van der Waals surface area contributed by atoms with Crippen LogP contribution in [0.5, 0.6) is 0 Å². The Labute approximate surface area is 258 Å². The van der Waals surface area contributed by atoms with E-state index in [0.717, 1.165) is 17.1 Å². The number of anilines is 3. The van der Waals surface area contributed by atoms with E-state index in [4.69, 9.17) is 14.2 Å². The molecule has 0 fully saturated rings. The molecule has 0 amide bonds. The molecule has 43 heavy (non-hydrogen) atoms. The zero-order chi connectivity index (χ0) is 30.7. The summed E-state index contributed by atoms with van der Waals surface area (Å²) in [6, 6.07) is 31.2. The first-order chi connectivity index (χ1) is 20.5. The molecule has 0 saturated carbocycles. The van der Waals surface area contributed by atoms with E-state index >= 15 is 0 Å². The third kappa shape index (κ3) is 7.04. The molecule has 0 heterocycles. The van der Waals surface area contributed by atoms with Gasteiger partial charge in [0, 0.05) is 22.5 Å². The minimum atomic E-state index is -0.129. The Morgan fingerprint density at radius 1 is 0.488 bits per heavy atom. The van der Waals surface area contributed by atoms with Crippen LogP contribution in [0.25, 0.3) is 11.1 Å². The summed E-state index contributed by atoms with van der Waals surface area (Å²) in [6.07, 6.45) is 0.611. The van der Waals surface area contributed by atoms with E-state index in [1.54, 1.807) is 0 Å². The quantitative estimate of drug-likeness (QED) is 0.168. The predicted octanol–water partition coefficient (Wildman–Crippen LogP) is 10.2. The minimum absolute atomic E-state index is 0.129. The normalized spacial score (nSPS) is 13.6. The predicted molar refractivity (Wildman–Crippen MR) is 178 cm³/mol. The molecule has 4 aromatic rings. The highest BCUT2D eigenvalue weighted by molar-refractivity contribution is 5.85. The van der Waals surface area contributed by atoms with Crippen LogP contribution in [0.4, 0.5) is 17.1 Å². The smallest absolute Gasteiger partial charge is 0.0720 e. The number of ether oxygens (including phenoxy) is 3. The zero-order valence-electron chi connectivity index (χ0n) is 27.1. The maximum absolute atomic E-state index is 5.93. The molecule has 0 aliphatic heterocycles. The average Bonchev–Trinajstić information content (AvgIpc) is 3.21. The topological polar surface area (TPSA) is 30.9 Å². The third-order valence-corrected chi connectivity index (χ3v) is 8.12. The van der Waals surface area contributed by atoms with Crippen LogP contribution in [0.3, 0.4) is 0 Å². The van der Waals surface area contributed by atoms with Crippen molar-refractivity contribution in [2.24, 2.45) is 0 Å². The molecule has 1 aliphatic rings. The fourth-order valence-electron chi connectivity index (χ4n) is 5.72. The molecule has 5 rings (SSSR count). The summed E-state index contributed by atoms with van der Waals surface area (Å²) < 4.78 is 17.6. The van der Waals surface area contributed by atoms with Gasteiger partial charge in [-0.3, -0.25) is 0 Å². The van der Waals surface area contributed by atoms with Crippen LogP contribution in [-0.4, -0.2) is 18.3 Å². The van der Waals surface area contributed by atoms with Crippen molar-refractivity contribution >= 4 is 17.1 Å². The molecule has 1 aliphatic carbocycles. The van der Waals surface area contributed by atoms with Crippen LogP contribution in [0.2, 0.25) is 0 Å². The van der Waals surface area contributed by atoms with Crippen LogP contribution >= 0.6 is 0 Å². The Morgan fingerprint density at radius 2 is 0.860 bits per heavy atom. The highest BCUT2D eigenvalue weighted by Crippen LogP contribution is 2.51. The Balaban J connectivity index is 1.52. The van der Waals surface area contributed by atoms with Crippen LogP contribution in [0.15, 0.2) is 84.9 Å². The molecule has 0 atom stereocenters. The second-order valence-electron chi connectivity index (χ2n) is 13.0. The first kappa shape index (κ1) is 31.0. The van der Waals surface area contributed by atoms with E-state index < -0.39 is 0 Å². The van der Waals surface area contributed by atoms with Gasteiger partial charge in [-0.05, 0) is 117 Å². The SMILES string of the molecule is CC(C)OCc1ccc(N(c2ccc(COC(C)C)cc2)c2ccc3c(c2)C(C)(C)c2cc(COC(C)C)ccc2-3)cc1. The van der Waals surface area contributed by atoms with Gasteiger partial charge in [0.2, 0.25) is 0 Å². The van der Waals surface area contributed by atoms with Gasteiger partial charge in [0.1, 0.15) is 0 Å². The van der Waals surface area contributed by atoms with E-state index in [0.29, 0.717) is 19.8 Å². The molecule has 0 spiro atoms. The van der Waals surface area contributed by atoms with E-state index in [1.807, 2.05) is 0 Å². The van der Waals surface area contributed by atoms with Gasteiger partial charge in [-0.15, -0.1) is 0 Å². The summed E-state index contributed by atoms with van der Waals surface area (Å²) >= 11 is 0. The number of hydrogen-bond acceptors (Lipinski definition) is 4. The molecule has 4 aromatic carbocycles. The van der Waals surface area contributed by atoms with Gasteiger partial charge in [-0.1, -0.05) is 62.4 Å². The summed E-state index contributed by atoms with van der Waals surface area (Å²) in [6.45, 7) is 19.0. The van der Waals surface area contributed by atoms with Crippen molar-refractivity contribution in [1.82, 2.24) is 0 Å². The Hall–Kier alpha value is -3.44. The summed E-state index contributed by atoms with van der Waals surface area (Å²) in [5.41, 5.74) is 12.1. The molecule has 0 bridgehead atoms. The standard InChI is InChI=1S/C39H47NO3/c1-26(2)41-23-29-9-14-32(15-10-29)40(33-16-11-30(12-17-33)24-42-27(3)4)34-18-20-36-35-19-13-31(25-43-28(5)6)21-37(35)39(7,8)38(36)22-34/h9-22,26-28H,23-25H2,1-8H3. The summed E-state index contributed by atoms with van der Waals surface area (Å²) in [5.74, 6) is 0. The van der Waals surface area contributed by atoms with Crippen molar-refractivity contribution in [3.63, 3.8) is 0 Å². The van der Waals surface area contributed by atoms with Gasteiger partial charge in [0.25, 0.3) is 0 Å². The molecule has 226 valence electrons. The lowest BCUT2D eigenvalue weighted by Gasteiger charge is -2.28. The molecule has 0 radical (unpaired) electrons. The van der Waals surface area contributed by atoms with Crippen LogP contribution in [0.1, 0.15) is 83.2 Å². The minimum Gasteiger partial charge on any atom is -0.374 e. The van der Waals surface area contributed by atoms with E-state index in [-0.39, 0.29) is 23.7 Å². The lowest BCUT2D eigenvalue weighted by molar-refractivity contribution is 0.0655. The van der Waals surface area contributed by atoms with Crippen LogP contribution in [-0.2, 0) is 39.4 Å². The lowest BCUT2D eigenvalue weighted by atomic mass is 9.82. The Morgan fingerprint density at radius 3 is 1.33 bits per heavy atom. The molecular formula is C39H47NO3. The summed E-state index contributed by atoms with van der Waals surface area (Å²) in [7, 11) is 0. The zero-order valence-corrected chi connectivity index (χ0v) is 27.1. The molecule has 0 unspecified atom stereocenters. The molecule has 0 saturated heterocycles. The second-order valence-corrected chi connectivity index (χ2v) is 13.0. The first-order valence-corrected chi connectivity index (χ1v) is 15.6. The second kappa shape index (κ2) is 13.1. The van der Waals surface area contributed by atoms with Gasteiger partial charge in [0.05, 0.1) is 38.1 Å². The van der Waals surface area contributed by atoms with Crippen molar-refractivity contribution in [1.29, 1.82) is 0 Å². The lowest BCUT2D eigenvalue weighted by Crippen LogP contribution is -2.17. The van der Waals surface area contributed by atoms with Crippen molar-refractivity contribution in [3.05, 3.63) is 113 Å². The highest BCUT2D eigenvalue weighted by atomic mass is 16.5. The van der Waals surface area contributed by atoms with Crippen molar-refractivity contribution in [2.75, 3.05) is 4.90 Å². The molecule has 0 N–H and O–H groups in total. The summed E-state index contributed by atoms with van der Waals surface area (Å²) in [4.78, 5) is 2.35. The number of hydrogen-bond donors (Lipinski definition) is 0. The number of fused-ring (bicyclic) bond motifs is 3. The average molecular weight is 578 g/mol. The van der Waals surface area contributed by atoms with Gasteiger partial charge in [-0.25, -0.2) is 0 Å². The largest absolute Gasteiger partial charge is 0.374 e. The van der Waals surface area contributed by atoms with Crippen LogP contribution in [0, 0.1) is 0 Å². The maximum Gasteiger partial charge on any atom is 0.0720 e. The third-order valence-electron chi connectivity index (χ3n) is 8.12. The molecule has 4 nitrogen and oxygen atoms in total. The van der Waals surface area contributed by atoms with Crippen molar-refractivity contribution in [2.45, 2.75) is 98.9 Å². The monoisotopic (exact) mass is 577 g/mol. The maximum atomic E-state index is 5.93. The van der Waals surface area contributed by atoms with Crippen molar-refractivity contribution < 1.29 is 14.2 Å².